The van der Waals surface area contributed by atoms with Gasteiger partial charge in [-0.15, -0.1) is 33.7 Å². The maximum Gasteiger partial charge on any atom is 0.309 e. The Morgan fingerprint density at radius 1 is 0.941 bits per heavy atom. The highest BCUT2D eigenvalue weighted by Gasteiger charge is 2.33. The van der Waals surface area contributed by atoms with Crippen molar-refractivity contribution in [1.82, 2.24) is 10.2 Å². The summed E-state index contributed by atoms with van der Waals surface area (Å²) in [4.78, 5) is 22.9. The second kappa shape index (κ2) is 12.1. The molecule has 0 amide bonds. The van der Waals surface area contributed by atoms with E-state index in [1.54, 1.807) is 51.2 Å². The van der Waals surface area contributed by atoms with Gasteiger partial charge in [0, 0.05) is 5.56 Å². The van der Waals surface area contributed by atoms with E-state index >= 15 is 0 Å². The van der Waals surface area contributed by atoms with Gasteiger partial charge in [0.15, 0.2) is 0 Å². The lowest BCUT2D eigenvalue weighted by molar-refractivity contribution is -0.150. The third-order valence-electron chi connectivity index (χ3n) is 6.54. The van der Waals surface area contributed by atoms with Gasteiger partial charge < -0.3 is 10.2 Å². The molecule has 1 aromatic carbocycles. The zero-order chi connectivity index (χ0) is 25.5. The monoisotopic (exact) mass is 504 g/mol. The summed E-state index contributed by atoms with van der Waals surface area (Å²) >= 11 is 3.23. The first-order chi connectivity index (χ1) is 15.9. The summed E-state index contributed by atoms with van der Waals surface area (Å²) in [5.41, 5.74) is 1.68. The molecule has 1 atom stereocenters. The molecule has 8 heteroatoms. The van der Waals surface area contributed by atoms with Crippen LogP contribution in [0.5, 0.6) is 0 Å². The fraction of sp³-hybridized carbons (Fsp3) is 0.538. The lowest BCUT2D eigenvalue weighted by Gasteiger charge is -2.27. The van der Waals surface area contributed by atoms with Crippen molar-refractivity contribution in [2.75, 3.05) is 11.5 Å². The van der Waals surface area contributed by atoms with Crippen molar-refractivity contribution in [1.29, 1.82) is 0 Å². The SMILES string of the molecule is Cc1c(SCCCC(C)(C)C(=O)O)nnc(SCCC(C)C(C)(C)C(=O)O)c1-c1ccccc1. The Morgan fingerprint density at radius 2 is 1.53 bits per heavy atom. The van der Waals surface area contributed by atoms with Crippen LogP contribution in [0.3, 0.4) is 0 Å². The molecule has 2 rings (SSSR count). The molecule has 0 radical (unpaired) electrons. The first-order valence-electron chi connectivity index (χ1n) is 11.5. The van der Waals surface area contributed by atoms with Gasteiger partial charge in [-0.25, -0.2) is 0 Å². The van der Waals surface area contributed by atoms with Gasteiger partial charge >= 0.3 is 11.9 Å². The topological polar surface area (TPSA) is 100 Å². The van der Waals surface area contributed by atoms with Crippen LogP contribution in [-0.2, 0) is 9.59 Å². The number of carbonyl (C=O) groups is 2. The van der Waals surface area contributed by atoms with Crippen LogP contribution in [0.1, 0.15) is 59.4 Å². The fourth-order valence-electron chi connectivity index (χ4n) is 3.36. The maximum atomic E-state index is 11.6. The highest BCUT2D eigenvalue weighted by Crippen LogP contribution is 2.38. The van der Waals surface area contributed by atoms with Crippen molar-refractivity contribution in [3.05, 3.63) is 35.9 Å². The molecule has 186 valence electrons. The van der Waals surface area contributed by atoms with Crippen molar-refractivity contribution >= 4 is 35.5 Å². The molecule has 0 saturated carbocycles. The number of aromatic nitrogens is 2. The van der Waals surface area contributed by atoms with Gasteiger partial charge in [-0.3, -0.25) is 9.59 Å². The molecule has 0 bridgehead atoms. The van der Waals surface area contributed by atoms with Gasteiger partial charge in [0.2, 0.25) is 0 Å². The Hall–Kier alpha value is -2.06. The van der Waals surface area contributed by atoms with E-state index in [2.05, 4.69) is 29.3 Å². The lowest BCUT2D eigenvalue weighted by atomic mass is 9.79. The highest BCUT2D eigenvalue weighted by molar-refractivity contribution is 7.99. The Balaban J connectivity index is 2.17. The van der Waals surface area contributed by atoms with Crippen molar-refractivity contribution in [3.8, 4) is 11.1 Å². The predicted octanol–water partition coefficient (Wildman–Crippen LogP) is 6.66. The number of aliphatic carboxylic acids is 2. The molecule has 2 aromatic rings. The quantitative estimate of drug-likeness (QED) is 0.231. The van der Waals surface area contributed by atoms with E-state index in [1.807, 2.05) is 25.1 Å². The molecular weight excluding hydrogens is 468 g/mol. The third-order valence-corrected chi connectivity index (χ3v) is 8.69. The Kier molecular flexibility index (Phi) is 10.0. The van der Waals surface area contributed by atoms with E-state index in [9.17, 15) is 19.8 Å². The largest absolute Gasteiger partial charge is 0.481 e. The van der Waals surface area contributed by atoms with Crippen molar-refractivity contribution in [3.63, 3.8) is 0 Å². The lowest BCUT2D eigenvalue weighted by Crippen LogP contribution is -2.31. The van der Waals surface area contributed by atoms with Crippen LogP contribution in [0, 0.1) is 23.7 Å². The number of thioether (sulfide) groups is 2. The van der Waals surface area contributed by atoms with E-state index in [0.29, 0.717) is 6.42 Å². The number of hydrogen-bond acceptors (Lipinski definition) is 6. The average Bonchev–Trinajstić information content (AvgIpc) is 2.78. The first kappa shape index (κ1) is 28.2. The second-order valence-corrected chi connectivity index (χ2v) is 12.0. The number of rotatable bonds is 13. The minimum atomic E-state index is -0.779. The Morgan fingerprint density at radius 3 is 2.12 bits per heavy atom. The summed E-state index contributed by atoms with van der Waals surface area (Å²) in [6, 6.07) is 10.1. The van der Waals surface area contributed by atoms with Gasteiger partial charge in [-0.05, 0) is 82.4 Å². The van der Waals surface area contributed by atoms with Gasteiger partial charge in [-0.2, -0.15) is 0 Å². The summed E-state index contributed by atoms with van der Waals surface area (Å²) in [7, 11) is 0. The summed E-state index contributed by atoms with van der Waals surface area (Å²) in [6.45, 7) is 11.1. The van der Waals surface area contributed by atoms with Crippen LogP contribution in [-0.4, -0.2) is 43.9 Å². The van der Waals surface area contributed by atoms with Crippen LogP contribution in [0.4, 0.5) is 0 Å². The van der Waals surface area contributed by atoms with E-state index in [1.165, 1.54) is 0 Å². The van der Waals surface area contributed by atoms with Gasteiger partial charge in [0.1, 0.15) is 10.1 Å². The fourth-order valence-corrected chi connectivity index (χ4v) is 5.44. The summed E-state index contributed by atoms with van der Waals surface area (Å²) in [5.74, 6) is -0.00486. The second-order valence-electron chi connectivity index (χ2n) is 9.88. The molecule has 1 aromatic heterocycles. The van der Waals surface area contributed by atoms with Gasteiger partial charge in [-0.1, -0.05) is 37.3 Å². The minimum absolute atomic E-state index is 0.0246. The molecule has 0 aliphatic heterocycles. The molecule has 0 aliphatic rings. The Labute approximate surface area is 211 Å². The number of carboxylic acid groups (broad SMARTS) is 2. The molecule has 34 heavy (non-hydrogen) atoms. The molecule has 0 fully saturated rings. The molecule has 0 spiro atoms. The third kappa shape index (κ3) is 7.22. The summed E-state index contributed by atoms with van der Waals surface area (Å²) in [6.07, 6.45) is 2.14. The maximum absolute atomic E-state index is 11.6. The minimum Gasteiger partial charge on any atom is -0.481 e. The van der Waals surface area contributed by atoms with E-state index < -0.39 is 22.8 Å². The van der Waals surface area contributed by atoms with Crippen LogP contribution >= 0.6 is 23.5 Å². The van der Waals surface area contributed by atoms with E-state index in [-0.39, 0.29) is 5.92 Å². The molecule has 1 unspecified atom stereocenters. The predicted molar refractivity (Wildman–Crippen MR) is 140 cm³/mol. The number of nitrogens with zero attached hydrogens (tertiary/aromatic N) is 2. The van der Waals surface area contributed by atoms with Crippen molar-refractivity contribution in [2.24, 2.45) is 16.7 Å². The van der Waals surface area contributed by atoms with Crippen molar-refractivity contribution in [2.45, 2.75) is 70.9 Å². The molecule has 0 saturated heterocycles. The van der Waals surface area contributed by atoms with Crippen LogP contribution in [0.2, 0.25) is 0 Å². The molecular formula is C26H36N2O4S2. The zero-order valence-electron chi connectivity index (χ0n) is 20.9. The zero-order valence-corrected chi connectivity index (χ0v) is 22.6. The van der Waals surface area contributed by atoms with Crippen LogP contribution < -0.4 is 0 Å². The Bertz CT molecular complexity index is 994. The normalized spacial score (nSPS) is 13.0. The summed E-state index contributed by atoms with van der Waals surface area (Å²) < 4.78 is 0. The molecule has 1 heterocycles. The number of hydrogen-bond donors (Lipinski definition) is 2. The molecule has 0 aliphatic carbocycles. The van der Waals surface area contributed by atoms with E-state index in [4.69, 9.17) is 0 Å². The summed E-state index contributed by atoms with van der Waals surface area (Å²) in [5, 5.41) is 29.5. The number of carboxylic acids is 2. The average molecular weight is 505 g/mol. The standard InChI is InChI=1S/C26H36N2O4S2/c1-17(26(5,6)24(31)32)13-16-34-22-20(19-11-8-7-9-12-19)18(2)21(27-28-22)33-15-10-14-25(3,4)23(29)30/h7-9,11-12,17H,10,13-16H2,1-6H3,(H,29,30)(H,31,32). The van der Waals surface area contributed by atoms with Gasteiger partial charge in [0.05, 0.1) is 10.8 Å². The molecule has 6 nitrogen and oxygen atoms in total. The molecule has 2 N–H and O–H groups in total. The van der Waals surface area contributed by atoms with Crippen LogP contribution in [0.25, 0.3) is 11.1 Å². The van der Waals surface area contributed by atoms with Gasteiger partial charge in [0.25, 0.3) is 0 Å². The highest BCUT2D eigenvalue weighted by atomic mass is 32.2. The smallest absolute Gasteiger partial charge is 0.309 e. The number of benzene rings is 1. The van der Waals surface area contributed by atoms with Crippen molar-refractivity contribution < 1.29 is 19.8 Å². The van der Waals surface area contributed by atoms with E-state index in [0.717, 1.165) is 51.1 Å². The first-order valence-corrected chi connectivity index (χ1v) is 13.5. The van der Waals surface area contributed by atoms with Crippen LogP contribution in [0.15, 0.2) is 40.4 Å².